The zero-order valence-electron chi connectivity index (χ0n) is 19.0. The van der Waals surface area contributed by atoms with Gasteiger partial charge < -0.3 is 4.57 Å². The summed E-state index contributed by atoms with van der Waals surface area (Å²) in [5.74, 6) is 4.88. The van der Waals surface area contributed by atoms with Crippen molar-refractivity contribution in [2.45, 2.75) is 45.6 Å². The highest BCUT2D eigenvalue weighted by Crippen LogP contribution is 2.54. The van der Waals surface area contributed by atoms with E-state index in [1.807, 2.05) is 20.8 Å². The number of nitrogens with zero attached hydrogens (tertiary/aromatic N) is 7. The Balaban J connectivity index is 1.37. The van der Waals surface area contributed by atoms with Gasteiger partial charge in [-0.2, -0.15) is 4.68 Å². The van der Waals surface area contributed by atoms with Crippen LogP contribution < -0.4 is 0 Å². The topological polar surface area (TPSA) is 74.3 Å². The van der Waals surface area contributed by atoms with Crippen LogP contribution in [-0.2, 0) is 6.54 Å². The average molecular weight is 436 g/mol. The largest absolute Gasteiger partial charge is 0.323 e. The molecule has 0 amide bonds. The molecule has 2 unspecified atom stereocenters. The zero-order valence-corrected chi connectivity index (χ0v) is 19.0. The number of para-hydroxylation sites is 2. The molecule has 164 valence electrons. The van der Waals surface area contributed by atoms with E-state index in [0.717, 1.165) is 53.3 Å². The Morgan fingerprint density at radius 2 is 1.61 bits per heavy atom. The second-order valence-corrected chi connectivity index (χ2v) is 8.80. The third-order valence-electron chi connectivity index (χ3n) is 6.31. The Kier molecular flexibility index (Phi) is 4.57. The number of fused-ring (bicyclic) bond motifs is 1. The number of imidazole rings is 1. The second-order valence-electron chi connectivity index (χ2n) is 8.80. The van der Waals surface area contributed by atoms with E-state index >= 15 is 0 Å². The van der Waals surface area contributed by atoms with Gasteiger partial charge in [0, 0.05) is 24.4 Å². The van der Waals surface area contributed by atoms with Crippen LogP contribution in [0.3, 0.4) is 0 Å². The molecule has 0 saturated heterocycles. The van der Waals surface area contributed by atoms with Gasteiger partial charge in [-0.1, -0.05) is 42.5 Å². The Hall–Kier alpha value is -3.87. The van der Waals surface area contributed by atoms with Crippen LogP contribution in [0, 0.1) is 20.8 Å². The molecule has 1 aliphatic rings. The van der Waals surface area contributed by atoms with Gasteiger partial charge in [0.1, 0.15) is 23.3 Å². The minimum Gasteiger partial charge on any atom is -0.323 e. The van der Waals surface area contributed by atoms with Crippen molar-refractivity contribution in [1.29, 1.82) is 0 Å². The summed E-state index contributed by atoms with van der Waals surface area (Å²) in [5.41, 5.74) is 4.54. The van der Waals surface area contributed by atoms with Crippen LogP contribution in [0.15, 0.2) is 60.7 Å². The maximum atomic E-state index is 5.06. The molecule has 1 fully saturated rings. The van der Waals surface area contributed by atoms with Crippen molar-refractivity contribution in [3.8, 4) is 5.82 Å². The fourth-order valence-electron chi connectivity index (χ4n) is 4.73. The van der Waals surface area contributed by atoms with Crippen LogP contribution in [0.4, 0.5) is 0 Å². The van der Waals surface area contributed by atoms with Crippen LogP contribution in [0.5, 0.6) is 0 Å². The van der Waals surface area contributed by atoms with Gasteiger partial charge in [-0.05, 0) is 44.9 Å². The molecule has 1 saturated carbocycles. The van der Waals surface area contributed by atoms with Gasteiger partial charge in [0.05, 0.1) is 16.7 Å². The molecule has 3 heterocycles. The van der Waals surface area contributed by atoms with E-state index in [0.29, 0.717) is 11.8 Å². The van der Waals surface area contributed by atoms with Crippen molar-refractivity contribution in [2.24, 2.45) is 0 Å². The van der Waals surface area contributed by atoms with Crippen LogP contribution in [0.25, 0.3) is 16.9 Å². The lowest BCUT2D eigenvalue weighted by molar-refractivity contribution is 0.732. The molecule has 3 aromatic heterocycles. The van der Waals surface area contributed by atoms with E-state index in [1.165, 1.54) is 11.1 Å². The summed E-state index contributed by atoms with van der Waals surface area (Å²) in [4.78, 5) is 18.9. The average Bonchev–Trinajstić information content (AvgIpc) is 3.43. The van der Waals surface area contributed by atoms with Gasteiger partial charge in [-0.25, -0.2) is 19.9 Å². The lowest BCUT2D eigenvalue weighted by Gasteiger charge is -2.10. The fourth-order valence-corrected chi connectivity index (χ4v) is 4.73. The van der Waals surface area contributed by atoms with E-state index < -0.39 is 0 Å². The first-order chi connectivity index (χ1) is 16.1. The quantitative estimate of drug-likeness (QED) is 0.402. The van der Waals surface area contributed by atoms with Gasteiger partial charge in [0.25, 0.3) is 0 Å². The lowest BCUT2D eigenvalue weighted by atomic mass is 10.2. The number of hydrogen-bond acceptors (Lipinski definition) is 5. The highest BCUT2D eigenvalue weighted by atomic mass is 15.4. The molecule has 2 aromatic carbocycles. The Labute approximate surface area is 192 Å². The van der Waals surface area contributed by atoms with Crippen molar-refractivity contribution in [3.05, 3.63) is 95.2 Å². The number of hydrogen-bond donors (Lipinski definition) is 0. The molecule has 7 heteroatoms. The Morgan fingerprint density at radius 1 is 0.818 bits per heavy atom. The number of rotatable bonds is 5. The maximum absolute atomic E-state index is 5.06. The molecular formula is C26H25N7. The zero-order chi connectivity index (χ0) is 22.5. The van der Waals surface area contributed by atoms with Gasteiger partial charge >= 0.3 is 0 Å². The number of benzene rings is 2. The summed E-state index contributed by atoms with van der Waals surface area (Å²) in [7, 11) is 0. The third-order valence-corrected chi connectivity index (χ3v) is 6.31. The van der Waals surface area contributed by atoms with Gasteiger partial charge in [-0.15, -0.1) is 5.10 Å². The minimum atomic E-state index is 0.321. The van der Waals surface area contributed by atoms with E-state index in [1.54, 1.807) is 4.68 Å². The number of aromatic nitrogens is 7. The maximum Gasteiger partial charge on any atom is 0.159 e. The van der Waals surface area contributed by atoms with E-state index in [-0.39, 0.29) is 0 Å². The van der Waals surface area contributed by atoms with Gasteiger partial charge in [0.15, 0.2) is 5.82 Å². The SMILES string of the molecule is Cc1nc(C2CC2c2nc3ccccc3n2Cc2ccccc2)cc(-n2nc(C)nc2C)n1. The monoisotopic (exact) mass is 435 g/mol. The molecule has 2 atom stereocenters. The predicted molar refractivity (Wildman–Crippen MR) is 127 cm³/mol. The summed E-state index contributed by atoms with van der Waals surface area (Å²) in [6.07, 6.45) is 1.03. The van der Waals surface area contributed by atoms with Crippen molar-refractivity contribution in [2.75, 3.05) is 0 Å². The summed E-state index contributed by atoms with van der Waals surface area (Å²) in [5, 5.41) is 4.51. The molecule has 7 nitrogen and oxygen atoms in total. The normalized spacial score (nSPS) is 17.5. The van der Waals surface area contributed by atoms with Crippen LogP contribution >= 0.6 is 0 Å². The first kappa shape index (κ1) is 19.8. The second kappa shape index (κ2) is 7.62. The van der Waals surface area contributed by atoms with Gasteiger partial charge in [0.2, 0.25) is 0 Å². The Bertz CT molecular complexity index is 1470. The predicted octanol–water partition coefficient (Wildman–Crippen LogP) is 4.65. The lowest BCUT2D eigenvalue weighted by Crippen LogP contribution is -2.07. The van der Waals surface area contributed by atoms with E-state index in [2.05, 4.69) is 80.3 Å². The molecule has 0 spiro atoms. The van der Waals surface area contributed by atoms with Crippen molar-refractivity contribution in [1.82, 2.24) is 34.3 Å². The standard InChI is InChI=1S/C26H25N7/c1-16-28-23(14-25(29-16)33-18(3)27-17(2)31-33)20-13-21(20)26-30-22-11-7-8-12-24(22)32(26)15-19-9-5-4-6-10-19/h4-12,14,20-21H,13,15H2,1-3H3. The first-order valence-electron chi connectivity index (χ1n) is 11.3. The van der Waals surface area contributed by atoms with Gasteiger partial charge in [-0.3, -0.25) is 0 Å². The van der Waals surface area contributed by atoms with Crippen LogP contribution in [0.1, 0.15) is 52.8 Å². The molecule has 6 rings (SSSR count). The molecule has 1 aliphatic carbocycles. The molecular weight excluding hydrogens is 410 g/mol. The first-order valence-corrected chi connectivity index (χ1v) is 11.3. The molecule has 0 bridgehead atoms. The van der Waals surface area contributed by atoms with Crippen LogP contribution in [0.2, 0.25) is 0 Å². The summed E-state index contributed by atoms with van der Waals surface area (Å²) in [6, 6.07) is 21.0. The summed E-state index contributed by atoms with van der Waals surface area (Å²) < 4.78 is 4.17. The van der Waals surface area contributed by atoms with Crippen molar-refractivity contribution < 1.29 is 0 Å². The molecule has 0 N–H and O–H groups in total. The molecule has 33 heavy (non-hydrogen) atoms. The summed E-state index contributed by atoms with van der Waals surface area (Å²) in [6.45, 7) is 6.59. The fraction of sp³-hybridized carbons (Fsp3) is 0.269. The molecule has 0 radical (unpaired) electrons. The Morgan fingerprint density at radius 3 is 2.39 bits per heavy atom. The van der Waals surface area contributed by atoms with E-state index in [4.69, 9.17) is 9.97 Å². The highest BCUT2D eigenvalue weighted by Gasteiger charge is 2.44. The highest BCUT2D eigenvalue weighted by molar-refractivity contribution is 5.76. The van der Waals surface area contributed by atoms with Crippen LogP contribution in [-0.4, -0.2) is 34.3 Å². The van der Waals surface area contributed by atoms with E-state index in [9.17, 15) is 0 Å². The third kappa shape index (κ3) is 3.59. The molecule has 0 aliphatic heterocycles. The summed E-state index contributed by atoms with van der Waals surface area (Å²) >= 11 is 0. The van der Waals surface area contributed by atoms with Crippen molar-refractivity contribution >= 4 is 11.0 Å². The smallest absolute Gasteiger partial charge is 0.159 e. The number of aryl methyl sites for hydroxylation is 3. The molecule has 5 aromatic rings. The van der Waals surface area contributed by atoms with Crippen molar-refractivity contribution in [3.63, 3.8) is 0 Å². The minimum absolute atomic E-state index is 0.321.